The fraction of sp³-hybridized carbons (Fsp3) is 0. The number of carboxylic acid groups (broad SMARTS) is 2. The topological polar surface area (TPSA) is 74.6 Å². The predicted molar refractivity (Wildman–Crippen MR) is 74.3 cm³/mol. The molecule has 0 atom stereocenters. The van der Waals surface area contributed by atoms with Crippen molar-refractivity contribution >= 4 is 56.2 Å². The van der Waals surface area contributed by atoms with Gasteiger partial charge in [0.1, 0.15) is 0 Å². The summed E-state index contributed by atoms with van der Waals surface area (Å²) in [4.78, 5) is 21.4. The second-order valence-electron chi connectivity index (χ2n) is 3.09. The van der Waals surface area contributed by atoms with E-state index in [9.17, 15) is 9.59 Å². The third kappa shape index (κ3) is 3.29. The van der Waals surface area contributed by atoms with Crippen LogP contribution in [0.25, 0.3) is 0 Å². The van der Waals surface area contributed by atoms with Crippen molar-refractivity contribution in [2.24, 2.45) is 0 Å². The lowest BCUT2D eigenvalue weighted by atomic mass is 10.4. The number of aromatic carboxylic acids is 2. The van der Waals surface area contributed by atoms with Crippen LogP contribution in [-0.2, 0) is 0 Å². The van der Waals surface area contributed by atoms with Gasteiger partial charge in [-0.25, -0.2) is 9.59 Å². The maximum Gasteiger partial charge on any atom is 0.336 e. The Morgan fingerprint density at radius 3 is 1.56 bits per heavy atom. The molecule has 2 rings (SSSR count). The van der Waals surface area contributed by atoms with Crippen LogP contribution in [0.15, 0.2) is 31.3 Å². The summed E-state index contributed by atoms with van der Waals surface area (Å²) in [6.07, 6.45) is 0. The van der Waals surface area contributed by atoms with Gasteiger partial charge in [-0.15, -0.1) is 22.7 Å². The number of rotatable bonds is 5. The van der Waals surface area contributed by atoms with Crippen LogP contribution in [-0.4, -0.2) is 22.2 Å². The van der Waals surface area contributed by atoms with E-state index < -0.39 is 11.9 Å². The van der Waals surface area contributed by atoms with Gasteiger partial charge in [0.05, 0.1) is 19.5 Å². The summed E-state index contributed by atoms with van der Waals surface area (Å²) >= 11 is 2.72. The fourth-order valence-corrected chi connectivity index (χ4v) is 5.46. The molecule has 0 unspecified atom stereocenters. The zero-order valence-corrected chi connectivity index (χ0v) is 11.9. The fourth-order valence-electron chi connectivity index (χ4n) is 1.03. The van der Waals surface area contributed by atoms with E-state index in [2.05, 4.69) is 0 Å². The van der Waals surface area contributed by atoms with E-state index in [0.29, 0.717) is 0 Å². The molecule has 2 N–H and O–H groups in total. The highest BCUT2D eigenvalue weighted by Crippen LogP contribution is 2.42. The molecule has 4 nitrogen and oxygen atoms in total. The minimum atomic E-state index is -0.938. The lowest BCUT2D eigenvalue weighted by Crippen LogP contribution is -1.91. The van der Waals surface area contributed by atoms with Crippen molar-refractivity contribution in [2.45, 2.75) is 8.42 Å². The molecular weight excluding hydrogens is 312 g/mol. The standard InChI is InChI=1S/C10H6O4S4/c11-9(12)5-1-7(15-3-5)17-18-8-2-6(4-16-8)10(13)14/h1-4H,(H,11,12)(H,13,14). The van der Waals surface area contributed by atoms with Gasteiger partial charge in [0.25, 0.3) is 0 Å². The highest BCUT2D eigenvalue weighted by atomic mass is 33.1. The molecule has 2 heterocycles. The van der Waals surface area contributed by atoms with Crippen LogP contribution in [0, 0.1) is 0 Å². The molecule has 0 aliphatic heterocycles. The summed E-state index contributed by atoms with van der Waals surface area (Å²) in [5.41, 5.74) is 0.556. The second kappa shape index (κ2) is 5.79. The minimum absolute atomic E-state index is 0.278. The van der Waals surface area contributed by atoms with Gasteiger partial charge in [0.2, 0.25) is 0 Å². The van der Waals surface area contributed by atoms with Gasteiger partial charge in [-0.3, -0.25) is 0 Å². The number of carbonyl (C=O) groups is 2. The van der Waals surface area contributed by atoms with Crippen molar-refractivity contribution < 1.29 is 19.8 Å². The summed E-state index contributed by atoms with van der Waals surface area (Å²) < 4.78 is 1.75. The molecule has 0 aliphatic carbocycles. The Kier molecular flexibility index (Phi) is 4.33. The first kappa shape index (κ1) is 13.5. The Hall–Kier alpha value is -0.960. The molecule has 0 aromatic carbocycles. The molecule has 2 aromatic rings. The van der Waals surface area contributed by atoms with Gasteiger partial charge in [-0.05, 0) is 33.7 Å². The van der Waals surface area contributed by atoms with E-state index in [1.807, 2.05) is 0 Å². The second-order valence-corrected chi connectivity index (χ2v) is 7.64. The first-order chi connectivity index (χ1) is 8.56. The van der Waals surface area contributed by atoms with Crippen molar-refractivity contribution in [1.82, 2.24) is 0 Å². The Morgan fingerprint density at radius 1 is 0.889 bits per heavy atom. The van der Waals surface area contributed by atoms with Gasteiger partial charge in [-0.1, -0.05) is 0 Å². The van der Waals surface area contributed by atoms with Crippen molar-refractivity contribution in [2.75, 3.05) is 0 Å². The molecule has 0 aliphatic rings. The Bertz CT molecular complexity index is 534. The Labute approximate surface area is 118 Å². The van der Waals surface area contributed by atoms with Crippen LogP contribution >= 0.6 is 44.3 Å². The first-order valence-electron chi connectivity index (χ1n) is 4.54. The zero-order chi connectivity index (χ0) is 13.1. The molecule has 18 heavy (non-hydrogen) atoms. The van der Waals surface area contributed by atoms with Crippen LogP contribution in [0.4, 0.5) is 0 Å². The third-order valence-corrected chi connectivity index (χ3v) is 6.98. The molecular formula is C10H6O4S4. The van der Waals surface area contributed by atoms with Crippen molar-refractivity contribution in [3.8, 4) is 0 Å². The highest BCUT2D eigenvalue weighted by molar-refractivity contribution is 8.77. The predicted octanol–water partition coefficient (Wildman–Crippen LogP) is 4.01. The number of hydrogen-bond acceptors (Lipinski definition) is 6. The monoisotopic (exact) mass is 318 g/mol. The quantitative estimate of drug-likeness (QED) is 0.812. The van der Waals surface area contributed by atoms with Crippen molar-refractivity contribution in [3.63, 3.8) is 0 Å². The smallest absolute Gasteiger partial charge is 0.336 e. The zero-order valence-electron chi connectivity index (χ0n) is 8.65. The normalized spacial score (nSPS) is 10.4. The largest absolute Gasteiger partial charge is 0.478 e. The number of hydrogen-bond donors (Lipinski definition) is 2. The number of thiophene rings is 2. The maximum atomic E-state index is 10.7. The van der Waals surface area contributed by atoms with Crippen LogP contribution in [0.2, 0.25) is 0 Å². The average molecular weight is 318 g/mol. The molecule has 2 aromatic heterocycles. The van der Waals surface area contributed by atoms with E-state index in [1.54, 1.807) is 22.9 Å². The number of carboxylic acids is 2. The molecule has 0 bridgehead atoms. The summed E-state index contributed by atoms with van der Waals surface area (Å²) in [6.45, 7) is 0. The first-order valence-corrected chi connectivity index (χ1v) is 8.45. The van der Waals surface area contributed by atoms with E-state index in [0.717, 1.165) is 8.42 Å². The van der Waals surface area contributed by atoms with Crippen LogP contribution < -0.4 is 0 Å². The maximum absolute atomic E-state index is 10.7. The Morgan fingerprint density at radius 2 is 1.28 bits per heavy atom. The molecule has 0 amide bonds. The Balaban J connectivity index is 1.97. The van der Waals surface area contributed by atoms with Crippen LogP contribution in [0.3, 0.4) is 0 Å². The van der Waals surface area contributed by atoms with Crippen LogP contribution in [0.5, 0.6) is 0 Å². The summed E-state index contributed by atoms with van der Waals surface area (Å²) in [5.74, 6) is -1.88. The minimum Gasteiger partial charge on any atom is -0.478 e. The average Bonchev–Trinajstić information content (AvgIpc) is 2.95. The van der Waals surface area contributed by atoms with Gasteiger partial charge in [-0.2, -0.15) is 0 Å². The van der Waals surface area contributed by atoms with Crippen LogP contribution in [0.1, 0.15) is 20.7 Å². The molecule has 8 heteroatoms. The molecule has 0 spiro atoms. The molecule has 0 radical (unpaired) electrons. The molecule has 0 fully saturated rings. The lowest BCUT2D eigenvalue weighted by molar-refractivity contribution is 0.0686. The van der Waals surface area contributed by atoms with Crippen molar-refractivity contribution in [3.05, 3.63) is 34.0 Å². The molecule has 0 saturated heterocycles. The van der Waals surface area contributed by atoms with Gasteiger partial charge >= 0.3 is 11.9 Å². The van der Waals surface area contributed by atoms with E-state index in [1.165, 1.54) is 44.3 Å². The van der Waals surface area contributed by atoms with E-state index in [4.69, 9.17) is 10.2 Å². The van der Waals surface area contributed by atoms with Crippen molar-refractivity contribution in [1.29, 1.82) is 0 Å². The van der Waals surface area contributed by atoms with Gasteiger partial charge in [0, 0.05) is 10.8 Å². The third-order valence-electron chi connectivity index (χ3n) is 1.85. The van der Waals surface area contributed by atoms with Gasteiger partial charge < -0.3 is 10.2 Å². The highest BCUT2D eigenvalue weighted by Gasteiger charge is 2.10. The molecule has 94 valence electrons. The SMILES string of the molecule is O=C(O)c1csc(SSc2cc(C(=O)O)cs2)c1. The summed E-state index contributed by atoms with van der Waals surface area (Å²) in [7, 11) is 2.85. The summed E-state index contributed by atoms with van der Waals surface area (Å²) in [6, 6.07) is 3.22. The van der Waals surface area contributed by atoms with E-state index >= 15 is 0 Å². The summed E-state index contributed by atoms with van der Waals surface area (Å²) in [5, 5.41) is 20.7. The van der Waals surface area contributed by atoms with Gasteiger partial charge in [0.15, 0.2) is 0 Å². The molecule has 0 saturated carbocycles. The lowest BCUT2D eigenvalue weighted by Gasteiger charge is -1.92. The van der Waals surface area contributed by atoms with E-state index in [-0.39, 0.29) is 11.1 Å².